The van der Waals surface area contributed by atoms with E-state index >= 15 is 0 Å². The maximum absolute atomic E-state index is 5.98. The second kappa shape index (κ2) is 8.34. The number of methoxy groups -OCH3 is 1. The van der Waals surface area contributed by atoms with Gasteiger partial charge in [0.2, 0.25) is 0 Å². The molecule has 2 aromatic rings. The van der Waals surface area contributed by atoms with Crippen molar-refractivity contribution in [2.45, 2.75) is 12.7 Å². The van der Waals surface area contributed by atoms with E-state index in [1.807, 2.05) is 55.5 Å². The van der Waals surface area contributed by atoms with E-state index in [1.54, 1.807) is 7.11 Å². The Morgan fingerprint density at radius 3 is 2.55 bits per heavy atom. The Morgan fingerprint density at radius 1 is 1.14 bits per heavy atom. The molecule has 5 heteroatoms. The predicted molar refractivity (Wildman–Crippen MR) is 93.2 cm³/mol. The lowest BCUT2D eigenvalue weighted by Crippen LogP contribution is -2.06. The lowest BCUT2D eigenvalue weighted by molar-refractivity contribution is 0.340. The fraction of sp³-hybridized carbons (Fsp3) is 0.235. The summed E-state index contributed by atoms with van der Waals surface area (Å²) in [6, 6.07) is 15.5. The van der Waals surface area contributed by atoms with Gasteiger partial charge in [-0.15, -0.1) is 0 Å². The Labute approximate surface area is 135 Å². The quantitative estimate of drug-likeness (QED) is 0.647. The van der Waals surface area contributed by atoms with Gasteiger partial charge in [-0.2, -0.15) is 0 Å². The van der Waals surface area contributed by atoms with Gasteiger partial charge in [0.1, 0.15) is 11.5 Å². The standard InChI is InChI=1S/C17H20N2O2S/c1-3-21-15-10-8-14(9-11-15)19-17(18)22-12-13-6-4-5-7-16(13)20-2/h4-11H,3,12H2,1-2H3,(H2,18,19). The first kappa shape index (κ1) is 16.2. The minimum Gasteiger partial charge on any atom is -0.496 e. The number of thioether (sulfide) groups is 1. The van der Waals surface area contributed by atoms with Crippen molar-refractivity contribution >= 4 is 22.6 Å². The molecule has 0 unspecified atom stereocenters. The van der Waals surface area contributed by atoms with E-state index < -0.39 is 0 Å². The number of hydrogen-bond acceptors (Lipinski definition) is 4. The van der Waals surface area contributed by atoms with Gasteiger partial charge in [0.15, 0.2) is 5.17 Å². The molecule has 0 aliphatic heterocycles. The molecule has 0 aliphatic carbocycles. The van der Waals surface area contributed by atoms with E-state index in [9.17, 15) is 0 Å². The highest BCUT2D eigenvalue weighted by molar-refractivity contribution is 8.13. The molecule has 0 radical (unpaired) electrons. The fourth-order valence-corrected chi connectivity index (χ4v) is 2.63. The number of nitrogens with zero attached hydrogens (tertiary/aromatic N) is 1. The van der Waals surface area contributed by atoms with Gasteiger partial charge in [0.05, 0.1) is 19.4 Å². The molecule has 0 bridgehead atoms. The van der Waals surface area contributed by atoms with Crippen molar-refractivity contribution in [2.75, 3.05) is 13.7 Å². The number of aliphatic imine (C=N–C) groups is 1. The molecule has 0 saturated carbocycles. The van der Waals surface area contributed by atoms with Crippen LogP contribution in [-0.2, 0) is 5.75 Å². The van der Waals surface area contributed by atoms with Crippen LogP contribution in [0.4, 0.5) is 5.69 Å². The maximum atomic E-state index is 5.98. The molecule has 0 heterocycles. The summed E-state index contributed by atoms with van der Waals surface area (Å²) in [5.74, 6) is 2.42. The molecule has 0 spiro atoms. The van der Waals surface area contributed by atoms with E-state index in [1.165, 1.54) is 11.8 Å². The maximum Gasteiger partial charge on any atom is 0.159 e. The number of hydrogen-bond donors (Lipinski definition) is 1. The van der Waals surface area contributed by atoms with Crippen LogP contribution >= 0.6 is 11.8 Å². The van der Waals surface area contributed by atoms with Gasteiger partial charge in [0.25, 0.3) is 0 Å². The third kappa shape index (κ3) is 4.70. The van der Waals surface area contributed by atoms with Crippen LogP contribution in [0.2, 0.25) is 0 Å². The van der Waals surface area contributed by atoms with E-state index in [-0.39, 0.29) is 0 Å². The third-order valence-corrected chi connectivity index (χ3v) is 3.80. The highest BCUT2D eigenvalue weighted by atomic mass is 32.2. The molecule has 22 heavy (non-hydrogen) atoms. The topological polar surface area (TPSA) is 56.8 Å². The summed E-state index contributed by atoms with van der Waals surface area (Å²) in [7, 11) is 1.67. The number of benzene rings is 2. The summed E-state index contributed by atoms with van der Waals surface area (Å²) in [6.07, 6.45) is 0. The van der Waals surface area contributed by atoms with Crippen molar-refractivity contribution in [3.05, 3.63) is 54.1 Å². The molecule has 0 fully saturated rings. The molecule has 2 aromatic carbocycles. The van der Waals surface area contributed by atoms with Gasteiger partial charge < -0.3 is 15.2 Å². The summed E-state index contributed by atoms with van der Waals surface area (Å²) in [5, 5.41) is 0.523. The average Bonchev–Trinajstić information content (AvgIpc) is 2.55. The van der Waals surface area contributed by atoms with Crippen molar-refractivity contribution in [3.63, 3.8) is 0 Å². The van der Waals surface area contributed by atoms with Gasteiger partial charge in [-0.3, -0.25) is 0 Å². The highest BCUT2D eigenvalue weighted by Gasteiger charge is 2.03. The van der Waals surface area contributed by atoms with E-state index in [0.29, 0.717) is 11.8 Å². The second-order valence-corrected chi connectivity index (χ2v) is 5.47. The number of rotatable bonds is 6. The van der Waals surface area contributed by atoms with E-state index in [2.05, 4.69) is 4.99 Å². The molecule has 0 amide bonds. The van der Waals surface area contributed by atoms with Crippen LogP contribution in [0.15, 0.2) is 53.5 Å². The molecule has 0 atom stereocenters. The lowest BCUT2D eigenvalue weighted by Gasteiger charge is -2.07. The van der Waals surface area contributed by atoms with E-state index in [4.69, 9.17) is 15.2 Å². The molecule has 4 nitrogen and oxygen atoms in total. The SMILES string of the molecule is CCOc1ccc(N=C(N)SCc2ccccc2OC)cc1. The smallest absolute Gasteiger partial charge is 0.159 e. The highest BCUT2D eigenvalue weighted by Crippen LogP contribution is 2.24. The van der Waals surface area contributed by atoms with Crippen molar-refractivity contribution < 1.29 is 9.47 Å². The molecular formula is C17H20N2O2S. The van der Waals surface area contributed by atoms with Gasteiger partial charge >= 0.3 is 0 Å². The Hall–Kier alpha value is -2.14. The Kier molecular flexibility index (Phi) is 6.15. The predicted octanol–water partition coefficient (Wildman–Crippen LogP) is 3.97. The van der Waals surface area contributed by atoms with Gasteiger partial charge in [-0.25, -0.2) is 4.99 Å². The van der Waals surface area contributed by atoms with Gasteiger partial charge in [-0.05, 0) is 37.3 Å². The van der Waals surface area contributed by atoms with E-state index in [0.717, 1.165) is 28.5 Å². The van der Waals surface area contributed by atoms with Crippen molar-refractivity contribution in [2.24, 2.45) is 10.7 Å². The zero-order valence-corrected chi connectivity index (χ0v) is 13.6. The zero-order valence-electron chi connectivity index (χ0n) is 12.8. The monoisotopic (exact) mass is 316 g/mol. The molecule has 0 saturated heterocycles. The molecular weight excluding hydrogens is 296 g/mol. The normalized spacial score (nSPS) is 11.3. The Bertz CT molecular complexity index is 627. The summed E-state index contributed by atoms with van der Waals surface area (Å²) in [5.41, 5.74) is 7.89. The number of nitrogens with two attached hydrogens (primary N) is 1. The number of ether oxygens (including phenoxy) is 2. The first-order valence-corrected chi connectivity index (χ1v) is 8.03. The lowest BCUT2D eigenvalue weighted by atomic mass is 10.2. The Morgan fingerprint density at radius 2 is 1.86 bits per heavy atom. The van der Waals surface area contributed by atoms with Crippen LogP contribution in [0.25, 0.3) is 0 Å². The minimum atomic E-state index is 0.523. The van der Waals surface area contributed by atoms with Crippen LogP contribution in [0, 0.1) is 0 Å². The Balaban J connectivity index is 1.97. The second-order valence-electron chi connectivity index (χ2n) is 4.48. The number of para-hydroxylation sites is 1. The molecule has 0 aliphatic rings. The summed E-state index contributed by atoms with van der Waals surface area (Å²) in [4.78, 5) is 4.39. The molecule has 2 N–H and O–H groups in total. The van der Waals surface area contributed by atoms with Gasteiger partial charge in [0, 0.05) is 11.3 Å². The summed E-state index contributed by atoms with van der Waals surface area (Å²) in [6.45, 7) is 2.61. The van der Waals surface area contributed by atoms with Crippen molar-refractivity contribution in [1.82, 2.24) is 0 Å². The molecule has 2 rings (SSSR count). The third-order valence-electron chi connectivity index (χ3n) is 2.96. The zero-order chi connectivity index (χ0) is 15.8. The van der Waals surface area contributed by atoms with Crippen LogP contribution in [-0.4, -0.2) is 18.9 Å². The average molecular weight is 316 g/mol. The minimum absolute atomic E-state index is 0.523. The molecule has 0 aromatic heterocycles. The van der Waals surface area contributed by atoms with Crippen LogP contribution < -0.4 is 15.2 Å². The van der Waals surface area contributed by atoms with Crippen LogP contribution in [0.1, 0.15) is 12.5 Å². The van der Waals surface area contributed by atoms with Crippen molar-refractivity contribution in [1.29, 1.82) is 0 Å². The first-order chi connectivity index (χ1) is 10.7. The fourth-order valence-electron chi connectivity index (χ4n) is 1.92. The molecule has 116 valence electrons. The summed E-state index contributed by atoms with van der Waals surface area (Å²) < 4.78 is 10.7. The van der Waals surface area contributed by atoms with Crippen LogP contribution in [0.5, 0.6) is 11.5 Å². The summed E-state index contributed by atoms with van der Waals surface area (Å²) >= 11 is 1.48. The largest absolute Gasteiger partial charge is 0.496 e. The number of amidine groups is 1. The van der Waals surface area contributed by atoms with Crippen molar-refractivity contribution in [3.8, 4) is 11.5 Å². The first-order valence-electron chi connectivity index (χ1n) is 7.04. The van der Waals surface area contributed by atoms with Gasteiger partial charge in [-0.1, -0.05) is 30.0 Å². The van der Waals surface area contributed by atoms with Crippen LogP contribution in [0.3, 0.4) is 0 Å².